The van der Waals surface area contributed by atoms with Crippen molar-refractivity contribution in [3.8, 4) is 0 Å². The summed E-state index contributed by atoms with van der Waals surface area (Å²) in [7, 11) is -3.78. The number of carbonyl (C=O) groups is 1. The molecule has 0 fully saturated rings. The highest BCUT2D eigenvalue weighted by molar-refractivity contribution is 7.92. The number of nitrogens with one attached hydrogen (secondary N) is 2. The molecule has 2 N–H and O–H groups in total. The number of hydrogen-bond acceptors (Lipinski definition) is 3. The Labute approximate surface area is 193 Å². The molecule has 32 heavy (non-hydrogen) atoms. The number of amides is 1. The molecule has 1 aliphatic rings. The quantitative estimate of drug-likeness (QED) is 0.506. The third-order valence-electron chi connectivity index (χ3n) is 5.76. The Morgan fingerprint density at radius 1 is 0.969 bits per heavy atom. The van der Waals surface area contributed by atoms with E-state index in [2.05, 4.69) is 22.2 Å². The molecule has 166 valence electrons. The van der Waals surface area contributed by atoms with Crippen LogP contribution >= 0.6 is 11.6 Å². The van der Waals surface area contributed by atoms with E-state index in [1.807, 2.05) is 19.9 Å². The van der Waals surface area contributed by atoms with Gasteiger partial charge in [-0.25, -0.2) is 8.42 Å². The van der Waals surface area contributed by atoms with Gasteiger partial charge in [0.15, 0.2) is 0 Å². The van der Waals surface area contributed by atoms with Crippen molar-refractivity contribution < 1.29 is 13.2 Å². The summed E-state index contributed by atoms with van der Waals surface area (Å²) in [4.78, 5) is 13.1. The van der Waals surface area contributed by atoms with Gasteiger partial charge in [-0.15, -0.1) is 0 Å². The summed E-state index contributed by atoms with van der Waals surface area (Å²) in [6.07, 6.45) is 3.34. The second kappa shape index (κ2) is 8.96. The van der Waals surface area contributed by atoms with Crippen molar-refractivity contribution in [3.05, 3.63) is 93.5 Å². The van der Waals surface area contributed by atoms with Crippen molar-refractivity contribution in [2.45, 2.75) is 44.0 Å². The molecule has 0 saturated carbocycles. The van der Waals surface area contributed by atoms with Crippen molar-refractivity contribution in [2.75, 3.05) is 4.72 Å². The van der Waals surface area contributed by atoms with E-state index < -0.39 is 10.0 Å². The maximum Gasteiger partial charge on any atom is 0.261 e. The normalized spacial score (nSPS) is 14.0. The summed E-state index contributed by atoms with van der Waals surface area (Å²) >= 11 is 6.26. The predicted molar refractivity (Wildman–Crippen MR) is 128 cm³/mol. The monoisotopic (exact) mass is 468 g/mol. The van der Waals surface area contributed by atoms with Crippen molar-refractivity contribution in [3.63, 3.8) is 0 Å². The summed E-state index contributed by atoms with van der Waals surface area (Å²) in [5.74, 6) is -0.362. The highest BCUT2D eigenvalue weighted by Gasteiger charge is 2.19. The Bertz CT molecular complexity index is 1270. The van der Waals surface area contributed by atoms with Crippen LogP contribution in [-0.2, 0) is 22.9 Å². The Morgan fingerprint density at radius 2 is 1.69 bits per heavy atom. The van der Waals surface area contributed by atoms with E-state index >= 15 is 0 Å². The van der Waals surface area contributed by atoms with Gasteiger partial charge in [-0.1, -0.05) is 47.5 Å². The molecular formula is C25H25ClN2O3S. The van der Waals surface area contributed by atoms with Gasteiger partial charge in [-0.2, -0.15) is 0 Å². The Kier molecular flexibility index (Phi) is 6.26. The number of rotatable bonds is 6. The summed E-state index contributed by atoms with van der Waals surface area (Å²) in [6, 6.07) is 17.2. The van der Waals surface area contributed by atoms with Crippen LogP contribution < -0.4 is 10.0 Å². The lowest BCUT2D eigenvalue weighted by Gasteiger charge is -2.17. The fourth-order valence-corrected chi connectivity index (χ4v) is 5.17. The number of fused-ring (bicyclic) bond motifs is 1. The van der Waals surface area contributed by atoms with Gasteiger partial charge in [0.1, 0.15) is 0 Å². The lowest BCUT2D eigenvalue weighted by Crippen LogP contribution is -2.27. The number of halogens is 1. The summed E-state index contributed by atoms with van der Waals surface area (Å²) < 4.78 is 27.9. The van der Waals surface area contributed by atoms with E-state index in [-0.39, 0.29) is 33.1 Å². The molecular weight excluding hydrogens is 444 g/mol. The van der Waals surface area contributed by atoms with E-state index in [0.29, 0.717) is 0 Å². The molecule has 7 heteroatoms. The van der Waals surface area contributed by atoms with Crippen LogP contribution in [0.15, 0.2) is 65.6 Å². The van der Waals surface area contributed by atoms with Crippen LogP contribution in [0.3, 0.4) is 0 Å². The largest absolute Gasteiger partial charge is 0.345 e. The highest BCUT2D eigenvalue weighted by atomic mass is 35.5. The molecule has 4 rings (SSSR count). The zero-order valence-electron chi connectivity index (χ0n) is 18.0. The molecule has 0 aromatic heterocycles. The molecule has 1 amide bonds. The third kappa shape index (κ3) is 4.81. The van der Waals surface area contributed by atoms with Gasteiger partial charge in [0.2, 0.25) is 0 Å². The van der Waals surface area contributed by atoms with Crippen LogP contribution in [-0.4, -0.2) is 14.3 Å². The molecule has 0 radical (unpaired) electrons. The van der Waals surface area contributed by atoms with Crippen LogP contribution in [0.5, 0.6) is 0 Å². The summed E-state index contributed by atoms with van der Waals surface area (Å²) in [5.41, 5.74) is 5.20. The van der Waals surface area contributed by atoms with Crippen LogP contribution in [0.2, 0.25) is 5.02 Å². The van der Waals surface area contributed by atoms with Crippen molar-refractivity contribution in [1.82, 2.24) is 5.32 Å². The smallest absolute Gasteiger partial charge is 0.261 e. The number of carbonyl (C=O) groups excluding carboxylic acids is 1. The second-order valence-electron chi connectivity index (χ2n) is 8.19. The number of sulfonamides is 1. The van der Waals surface area contributed by atoms with E-state index in [4.69, 9.17) is 11.6 Å². The average molecular weight is 469 g/mol. The molecule has 0 unspecified atom stereocenters. The molecule has 3 aromatic carbocycles. The zero-order chi connectivity index (χ0) is 22.9. The molecule has 0 spiro atoms. The maximum atomic E-state index is 12.9. The fraction of sp³-hybridized carbons (Fsp3) is 0.240. The van der Waals surface area contributed by atoms with Crippen LogP contribution in [0.25, 0.3) is 0 Å². The Morgan fingerprint density at radius 3 is 2.44 bits per heavy atom. The van der Waals surface area contributed by atoms with Gasteiger partial charge < -0.3 is 5.32 Å². The number of hydrogen-bond donors (Lipinski definition) is 2. The average Bonchev–Trinajstić information content (AvgIpc) is 3.23. The van der Waals surface area contributed by atoms with Gasteiger partial charge in [-0.3, -0.25) is 9.52 Å². The number of aryl methyl sites for hydroxylation is 3. The van der Waals surface area contributed by atoms with Gasteiger partial charge >= 0.3 is 0 Å². The third-order valence-corrected chi connectivity index (χ3v) is 7.49. The summed E-state index contributed by atoms with van der Waals surface area (Å²) in [6.45, 7) is 3.81. The van der Waals surface area contributed by atoms with Gasteiger partial charge in [0.25, 0.3) is 15.9 Å². The van der Waals surface area contributed by atoms with E-state index in [1.165, 1.54) is 35.7 Å². The van der Waals surface area contributed by atoms with Crippen molar-refractivity contribution in [2.24, 2.45) is 0 Å². The van der Waals surface area contributed by atoms with E-state index in [0.717, 1.165) is 24.0 Å². The first-order chi connectivity index (χ1) is 15.2. The minimum Gasteiger partial charge on any atom is -0.345 e. The van der Waals surface area contributed by atoms with Crippen molar-refractivity contribution >= 4 is 33.2 Å². The number of anilines is 1. The zero-order valence-corrected chi connectivity index (χ0v) is 19.6. The van der Waals surface area contributed by atoms with Gasteiger partial charge in [-0.05, 0) is 80.1 Å². The first-order valence-corrected chi connectivity index (χ1v) is 12.4. The molecule has 0 bridgehead atoms. The molecule has 1 aliphatic carbocycles. The molecule has 3 aromatic rings. The Hall–Kier alpha value is -2.83. The molecule has 0 heterocycles. The summed E-state index contributed by atoms with van der Waals surface area (Å²) in [5, 5.41) is 3.22. The Balaban J connectivity index is 1.51. The minimum atomic E-state index is -3.78. The first-order valence-electron chi connectivity index (χ1n) is 10.5. The van der Waals surface area contributed by atoms with Crippen LogP contribution in [0.4, 0.5) is 5.69 Å². The fourth-order valence-electron chi connectivity index (χ4n) is 3.91. The molecule has 0 aliphatic heterocycles. The lowest BCUT2D eigenvalue weighted by atomic mass is 10.0. The minimum absolute atomic E-state index is 0.147. The molecule has 0 saturated heterocycles. The standard InChI is InChI=1S/C25H25ClN2O3S/c1-16-6-11-22(12-7-16)32(30,31)28-21-10-13-24(26)23(15-21)25(29)27-17(2)19-9-8-18-4-3-5-20(18)14-19/h6-15,17,28H,3-5H2,1-2H3,(H,27,29)/t17-/m1/s1. The number of benzene rings is 3. The predicted octanol–water partition coefficient (Wildman–Crippen LogP) is 5.43. The highest BCUT2D eigenvalue weighted by Crippen LogP contribution is 2.27. The lowest BCUT2D eigenvalue weighted by molar-refractivity contribution is 0.0940. The van der Waals surface area contributed by atoms with Crippen molar-refractivity contribution in [1.29, 1.82) is 0 Å². The molecule has 5 nitrogen and oxygen atoms in total. The van der Waals surface area contributed by atoms with Crippen LogP contribution in [0, 0.1) is 6.92 Å². The van der Waals surface area contributed by atoms with Crippen LogP contribution in [0.1, 0.15) is 52.0 Å². The molecule has 1 atom stereocenters. The SMILES string of the molecule is Cc1ccc(S(=O)(=O)Nc2ccc(Cl)c(C(=O)N[C@H](C)c3ccc4c(c3)CCC4)c2)cc1. The maximum absolute atomic E-state index is 12.9. The first kappa shape index (κ1) is 22.4. The van der Waals surface area contributed by atoms with E-state index in [9.17, 15) is 13.2 Å². The van der Waals surface area contributed by atoms with E-state index in [1.54, 1.807) is 24.3 Å². The second-order valence-corrected chi connectivity index (χ2v) is 10.3. The van der Waals surface area contributed by atoms with Gasteiger partial charge in [0.05, 0.1) is 21.5 Å². The van der Waals surface area contributed by atoms with Gasteiger partial charge in [0, 0.05) is 5.69 Å². The topological polar surface area (TPSA) is 75.3 Å².